The van der Waals surface area contributed by atoms with Crippen molar-refractivity contribution in [2.45, 2.75) is 95.0 Å². The molecule has 0 bridgehead atoms. The fourth-order valence-corrected chi connectivity index (χ4v) is 5.64. The third kappa shape index (κ3) is 3.25. The van der Waals surface area contributed by atoms with Crippen molar-refractivity contribution in [1.29, 1.82) is 0 Å². The Bertz CT molecular complexity index is 690. The van der Waals surface area contributed by atoms with E-state index in [0.717, 1.165) is 31.4 Å². The van der Waals surface area contributed by atoms with Gasteiger partial charge in [0.05, 0.1) is 11.1 Å². The van der Waals surface area contributed by atoms with Crippen LogP contribution in [0.15, 0.2) is 30.3 Å². The SMILES string of the molecule is CC1(C)CC2(CC(C)(C)N1Oc1ccccc1)NC(=O)C1(CCCCC1)O2. The number of hydroxylamine groups is 2. The van der Waals surface area contributed by atoms with E-state index in [1.807, 2.05) is 30.3 Å². The molecule has 1 aromatic carbocycles. The number of nitrogens with one attached hydrogen (secondary N) is 1. The highest BCUT2D eigenvalue weighted by molar-refractivity contribution is 5.87. The average molecular weight is 373 g/mol. The average Bonchev–Trinajstić information content (AvgIpc) is 2.82. The number of rotatable bonds is 2. The number of carbonyl (C=O) groups excluding carboxylic acids is 1. The van der Waals surface area contributed by atoms with Crippen LogP contribution in [-0.4, -0.2) is 33.4 Å². The van der Waals surface area contributed by atoms with Crippen molar-refractivity contribution in [1.82, 2.24) is 10.4 Å². The van der Waals surface area contributed by atoms with Crippen molar-refractivity contribution in [3.8, 4) is 5.75 Å². The summed E-state index contributed by atoms with van der Waals surface area (Å²) >= 11 is 0. The molecule has 2 spiro atoms. The van der Waals surface area contributed by atoms with Gasteiger partial charge < -0.3 is 14.9 Å². The molecule has 1 aromatic rings. The highest BCUT2D eigenvalue weighted by Gasteiger charge is 2.63. The zero-order valence-corrected chi connectivity index (χ0v) is 17.0. The Balaban J connectivity index is 1.60. The third-order valence-corrected chi connectivity index (χ3v) is 6.28. The molecule has 1 saturated carbocycles. The minimum absolute atomic E-state index is 0.0891. The van der Waals surface area contributed by atoms with Crippen LogP contribution in [0.2, 0.25) is 0 Å². The van der Waals surface area contributed by atoms with E-state index in [4.69, 9.17) is 9.57 Å². The number of carbonyl (C=O) groups is 1. The Morgan fingerprint density at radius 3 is 2.15 bits per heavy atom. The normalized spacial score (nSPS) is 28.2. The fourth-order valence-electron chi connectivity index (χ4n) is 5.64. The van der Waals surface area contributed by atoms with Crippen LogP contribution in [0.3, 0.4) is 0 Å². The van der Waals surface area contributed by atoms with E-state index in [9.17, 15) is 4.79 Å². The van der Waals surface area contributed by atoms with Crippen LogP contribution in [-0.2, 0) is 9.53 Å². The van der Waals surface area contributed by atoms with Gasteiger partial charge in [0.15, 0.2) is 0 Å². The molecule has 0 unspecified atom stereocenters. The van der Waals surface area contributed by atoms with Crippen molar-refractivity contribution in [2.75, 3.05) is 0 Å². The van der Waals surface area contributed by atoms with Gasteiger partial charge in [-0.05, 0) is 52.7 Å². The predicted octanol–water partition coefficient (Wildman–Crippen LogP) is 4.18. The maximum Gasteiger partial charge on any atom is 0.254 e. The first-order valence-corrected chi connectivity index (χ1v) is 10.2. The predicted molar refractivity (Wildman–Crippen MR) is 104 cm³/mol. The largest absolute Gasteiger partial charge is 0.405 e. The number of benzene rings is 1. The van der Waals surface area contributed by atoms with Crippen LogP contribution < -0.4 is 10.2 Å². The Morgan fingerprint density at radius 2 is 1.56 bits per heavy atom. The molecule has 27 heavy (non-hydrogen) atoms. The Labute approximate surface area is 162 Å². The summed E-state index contributed by atoms with van der Waals surface area (Å²) in [5, 5.41) is 5.37. The van der Waals surface area contributed by atoms with Crippen LogP contribution in [0.25, 0.3) is 0 Å². The van der Waals surface area contributed by atoms with Crippen LogP contribution in [0, 0.1) is 0 Å². The zero-order chi connectivity index (χ0) is 19.3. The van der Waals surface area contributed by atoms with Crippen molar-refractivity contribution < 1.29 is 14.4 Å². The number of hydrogen-bond acceptors (Lipinski definition) is 4. The van der Waals surface area contributed by atoms with E-state index in [0.29, 0.717) is 12.8 Å². The Hall–Kier alpha value is -1.59. The van der Waals surface area contributed by atoms with Gasteiger partial charge in [-0.3, -0.25) is 4.79 Å². The summed E-state index contributed by atoms with van der Waals surface area (Å²) in [6, 6.07) is 9.89. The molecule has 2 aliphatic heterocycles. The highest BCUT2D eigenvalue weighted by atomic mass is 16.7. The molecule has 2 heterocycles. The lowest BCUT2D eigenvalue weighted by molar-refractivity contribution is -0.272. The smallest absolute Gasteiger partial charge is 0.254 e. The first kappa shape index (κ1) is 18.8. The summed E-state index contributed by atoms with van der Waals surface area (Å²) in [6.07, 6.45) is 6.41. The molecule has 3 aliphatic rings. The lowest BCUT2D eigenvalue weighted by Gasteiger charge is -2.56. The molecule has 2 saturated heterocycles. The van der Waals surface area contributed by atoms with Gasteiger partial charge in [0.25, 0.3) is 5.91 Å². The molecule has 4 rings (SSSR count). The number of amides is 1. The molecule has 1 N–H and O–H groups in total. The van der Waals surface area contributed by atoms with Gasteiger partial charge in [0.1, 0.15) is 17.1 Å². The maximum absolute atomic E-state index is 12.9. The molecular weight excluding hydrogens is 340 g/mol. The summed E-state index contributed by atoms with van der Waals surface area (Å²) in [7, 11) is 0. The second-order valence-corrected chi connectivity index (χ2v) is 9.78. The molecule has 3 fully saturated rings. The summed E-state index contributed by atoms with van der Waals surface area (Å²) in [6.45, 7) is 8.67. The third-order valence-electron chi connectivity index (χ3n) is 6.28. The van der Waals surface area contributed by atoms with Crippen LogP contribution in [0.1, 0.15) is 72.6 Å². The number of para-hydroxylation sites is 1. The van der Waals surface area contributed by atoms with Crippen molar-refractivity contribution in [2.24, 2.45) is 0 Å². The second-order valence-electron chi connectivity index (χ2n) is 9.78. The second kappa shape index (κ2) is 6.21. The minimum Gasteiger partial charge on any atom is -0.405 e. The van der Waals surface area contributed by atoms with Crippen LogP contribution in [0.5, 0.6) is 5.75 Å². The molecule has 0 aromatic heterocycles. The lowest BCUT2D eigenvalue weighted by atomic mass is 9.76. The van der Waals surface area contributed by atoms with E-state index in [1.165, 1.54) is 6.42 Å². The Kier molecular flexibility index (Phi) is 4.32. The van der Waals surface area contributed by atoms with E-state index < -0.39 is 11.3 Å². The summed E-state index contributed by atoms with van der Waals surface area (Å²) in [5.41, 5.74) is -1.83. The molecule has 1 aliphatic carbocycles. The Morgan fingerprint density at radius 1 is 0.963 bits per heavy atom. The van der Waals surface area contributed by atoms with Crippen LogP contribution >= 0.6 is 0 Å². The quantitative estimate of drug-likeness (QED) is 0.846. The molecule has 5 heteroatoms. The van der Waals surface area contributed by atoms with Gasteiger partial charge in [-0.15, -0.1) is 5.06 Å². The molecule has 148 valence electrons. The number of nitrogens with zero attached hydrogens (tertiary/aromatic N) is 1. The maximum atomic E-state index is 12.9. The van der Waals surface area contributed by atoms with Crippen molar-refractivity contribution >= 4 is 5.91 Å². The zero-order valence-electron chi connectivity index (χ0n) is 17.0. The van der Waals surface area contributed by atoms with E-state index in [2.05, 4.69) is 38.1 Å². The number of ether oxygens (including phenoxy) is 1. The molecule has 1 amide bonds. The molecule has 0 atom stereocenters. The first-order valence-electron chi connectivity index (χ1n) is 10.2. The van der Waals surface area contributed by atoms with Gasteiger partial charge in [0, 0.05) is 12.8 Å². The summed E-state index contributed by atoms with van der Waals surface area (Å²) in [4.78, 5) is 19.3. The van der Waals surface area contributed by atoms with Crippen molar-refractivity contribution in [3.63, 3.8) is 0 Å². The van der Waals surface area contributed by atoms with Gasteiger partial charge in [0.2, 0.25) is 0 Å². The van der Waals surface area contributed by atoms with E-state index in [-0.39, 0.29) is 17.0 Å². The summed E-state index contributed by atoms with van der Waals surface area (Å²) < 4.78 is 6.66. The monoisotopic (exact) mass is 372 g/mol. The number of piperidine rings is 1. The molecule has 0 radical (unpaired) electrons. The van der Waals surface area contributed by atoms with Gasteiger partial charge >= 0.3 is 0 Å². The lowest BCUT2D eigenvalue weighted by Crippen LogP contribution is -2.69. The highest BCUT2D eigenvalue weighted by Crippen LogP contribution is 2.50. The molecule has 5 nitrogen and oxygen atoms in total. The van der Waals surface area contributed by atoms with Gasteiger partial charge in [-0.2, -0.15) is 0 Å². The van der Waals surface area contributed by atoms with Gasteiger partial charge in [-0.1, -0.05) is 37.5 Å². The fraction of sp³-hybridized carbons (Fsp3) is 0.682. The molecular formula is C22H32N2O3. The standard InChI is InChI=1S/C22H32N2O3/c1-19(2)15-22(23-18(25)21(27-22)13-9-6-10-14-21)16-20(3,4)24(19)26-17-11-7-5-8-12-17/h5,7-8,11-12H,6,9-10,13-16H2,1-4H3,(H,23,25). The van der Waals surface area contributed by atoms with Crippen LogP contribution in [0.4, 0.5) is 0 Å². The van der Waals surface area contributed by atoms with Crippen molar-refractivity contribution in [3.05, 3.63) is 30.3 Å². The topological polar surface area (TPSA) is 50.8 Å². The summed E-state index contributed by atoms with van der Waals surface area (Å²) in [5.74, 6) is 0.918. The number of hydrogen-bond donors (Lipinski definition) is 1. The first-order chi connectivity index (χ1) is 12.7. The van der Waals surface area contributed by atoms with E-state index >= 15 is 0 Å². The minimum atomic E-state index is -0.618. The van der Waals surface area contributed by atoms with Gasteiger partial charge in [-0.25, -0.2) is 0 Å². The van der Waals surface area contributed by atoms with E-state index in [1.54, 1.807) is 0 Å².